The van der Waals surface area contributed by atoms with Gasteiger partial charge in [0.15, 0.2) is 5.75 Å². The van der Waals surface area contributed by atoms with Crippen LogP contribution in [0.1, 0.15) is 5.69 Å². The molecule has 0 aliphatic carbocycles. The number of rotatable bonds is 4. The SMILES string of the molecule is O=[N+]([O-])c1cc(Cl)ccc1OCc1ccc(Br)cn1. The Morgan fingerprint density at radius 2 is 2.16 bits per heavy atom. The van der Waals surface area contributed by atoms with Gasteiger partial charge < -0.3 is 4.74 Å². The molecule has 0 spiro atoms. The van der Waals surface area contributed by atoms with E-state index in [1.165, 1.54) is 12.1 Å². The van der Waals surface area contributed by atoms with Gasteiger partial charge in [-0.1, -0.05) is 11.6 Å². The van der Waals surface area contributed by atoms with Crippen LogP contribution in [0.3, 0.4) is 0 Å². The lowest BCUT2D eigenvalue weighted by Gasteiger charge is -2.06. The van der Waals surface area contributed by atoms with Crippen molar-refractivity contribution in [3.05, 3.63) is 61.8 Å². The van der Waals surface area contributed by atoms with Crippen molar-refractivity contribution in [2.45, 2.75) is 6.61 Å². The van der Waals surface area contributed by atoms with E-state index in [9.17, 15) is 10.1 Å². The molecule has 7 heteroatoms. The molecule has 98 valence electrons. The maximum atomic E-state index is 10.9. The number of pyridine rings is 1. The van der Waals surface area contributed by atoms with Gasteiger partial charge in [-0.15, -0.1) is 0 Å². The number of nitro benzene ring substituents is 1. The summed E-state index contributed by atoms with van der Waals surface area (Å²) in [5, 5.41) is 11.2. The zero-order valence-electron chi connectivity index (χ0n) is 9.55. The third-order valence-corrected chi connectivity index (χ3v) is 2.99. The van der Waals surface area contributed by atoms with Crippen molar-refractivity contribution in [3.8, 4) is 5.75 Å². The van der Waals surface area contributed by atoms with Crippen LogP contribution in [0.4, 0.5) is 5.69 Å². The quantitative estimate of drug-likeness (QED) is 0.622. The van der Waals surface area contributed by atoms with E-state index in [0.29, 0.717) is 10.7 Å². The van der Waals surface area contributed by atoms with Gasteiger partial charge in [-0.25, -0.2) is 0 Å². The van der Waals surface area contributed by atoms with Crippen LogP contribution < -0.4 is 4.74 Å². The highest BCUT2D eigenvalue weighted by molar-refractivity contribution is 9.10. The summed E-state index contributed by atoms with van der Waals surface area (Å²) in [5.74, 6) is 0.166. The topological polar surface area (TPSA) is 65.3 Å². The minimum atomic E-state index is -0.532. The van der Waals surface area contributed by atoms with Gasteiger partial charge in [-0.05, 0) is 40.2 Å². The molecule has 1 heterocycles. The second-order valence-electron chi connectivity index (χ2n) is 3.63. The molecule has 19 heavy (non-hydrogen) atoms. The molecular weight excluding hydrogens is 336 g/mol. The Morgan fingerprint density at radius 3 is 2.79 bits per heavy atom. The fraction of sp³-hybridized carbons (Fsp3) is 0.0833. The summed E-state index contributed by atoms with van der Waals surface area (Å²) in [6.07, 6.45) is 1.63. The Balaban J connectivity index is 2.15. The molecule has 0 unspecified atom stereocenters. The van der Waals surface area contributed by atoms with E-state index in [0.717, 1.165) is 4.47 Å². The predicted octanol–water partition coefficient (Wildman–Crippen LogP) is 3.98. The Bertz CT molecular complexity index is 604. The Hall–Kier alpha value is -1.66. The maximum absolute atomic E-state index is 10.9. The highest BCUT2D eigenvalue weighted by Gasteiger charge is 2.15. The Morgan fingerprint density at radius 1 is 1.37 bits per heavy atom. The van der Waals surface area contributed by atoms with Gasteiger partial charge in [0.1, 0.15) is 6.61 Å². The standard InChI is InChI=1S/C12H8BrClN2O3/c13-8-1-3-10(15-6-8)7-19-12-4-2-9(14)5-11(12)16(17)18/h1-6H,7H2. The molecule has 0 atom stereocenters. The van der Waals surface area contributed by atoms with Gasteiger partial charge in [0.25, 0.3) is 0 Å². The highest BCUT2D eigenvalue weighted by Crippen LogP contribution is 2.30. The third-order valence-electron chi connectivity index (χ3n) is 2.28. The van der Waals surface area contributed by atoms with Crippen LogP contribution in [-0.2, 0) is 6.61 Å². The van der Waals surface area contributed by atoms with Crippen LogP contribution >= 0.6 is 27.5 Å². The van der Waals surface area contributed by atoms with Gasteiger partial charge in [0.2, 0.25) is 0 Å². The highest BCUT2D eigenvalue weighted by atomic mass is 79.9. The number of hydrogen-bond donors (Lipinski definition) is 0. The van der Waals surface area contributed by atoms with Crippen molar-refractivity contribution in [2.24, 2.45) is 0 Å². The van der Waals surface area contributed by atoms with Crippen LogP contribution in [0.15, 0.2) is 41.0 Å². The Kier molecular flexibility index (Phi) is 4.34. The average Bonchev–Trinajstić information content (AvgIpc) is 2.39. The van der Waals surface area contributed by atoms with Crippen LogP contribution in [0.25, 0.3) is 0 Å². The Labute approximate surface area is 122 Å². The van der Waals surface area contributed by atoms with Crippen molar-refractivity contribution < 1.29 is 9.66 Å². The van der Waals surface area contributed by atoms with E-state index in [1.807, 2.05) is 6.07 Å². The first-order valence-corrected chi connectivity index (χ1v) is 6.40. The fourth-order valence-corrected chi connectivity index (χ4v) is 1.80. The van der Waals surface area contributed by atoms with Gasteiger partial charge in [-0.2, -0.15) is 0 Å². The molecule has 0 saturated carbocycles. The minimum absolute atomic E-state index is 0.149. The molecule has 1 aromatic heterocycles. The first-order valence-electron chi connectivity index (χ1n) is 5.23. The van der Waals surface area contributed by atoms with Gasteiger partial charge in [0.05, 0.1) is 10.6 Å². The van der Waals surface area contributed by atoms with Crippen molar-refractivity contribution in [1.82, 2.24) is 4.98 Å². The zero-order chi connectivity index (χ0) is 13.8. The zero-order valence-corrected chi connectivity index (χ0v) is 11.9. The second kappa shape index (κ2) is 5.99. The second-order valence-corrected chi connectivity index (χ2v) is 4.98. The van der Waals surface area contributed by atoms with Crippen LogP contribution in [0.2, 0.25) is 5.02 Å². The first kappa shape index (κ1) is 13.8. The molecule has 0 saturated heterocycles. The molecule has 0 aliphatic rings. The van der Waals surface area contributed by atoms with E-state index in [4.69, 9.17) is 16.3 Å². The molecule has 0 aliphatic heterocycles. The largest absolute Gasteiger partial charge is 0.480 e. The van der Waals surface area contributed by atoms with E-state index < -0.39 is 4.92 Å². The molecule has 0 radical (unpaired) electrons. The number of ether oxygens (including phenoxy) is 1. The molecule has 0 N–H and O–H groups in total. The van der Waals surface area contributed by atoms with E-state index in [-0.39, 0.29) is 18.0 Å². The molecule has 0 bridgehead atoms. The smallest absolute Gasteiger partial charge is 0.312 e. The summed E-state index contributed by atoms with van der Waals surface area (Å²) >= 11 is 8.99. The van der Waals surface area contributed by atoms with E-state index >= 15 is 0 Å². The third kappa shape index (κ3) is 3.65. The number of nitrogens with zero attached hydrogens (tertiary/aromatic N) is 2. The van der Waals surface area contributed by atoms with Crippen molar-refractivity contribution in [3.63, 3.8) is 0 Å². The number of halogens is 2. The van der Waals surface area contributed by atoms with Gasteiger partial charge in [-0.3, -0.25) is 15.1 Å². The van der Waals surface area contributed by atoms with Crippen LogP contribution in [0.5, 0.6) is 5.75 Å². The van der Waals surface area contributed by atoms with Gasteiger partial charge in [0, 0.05) is 21.8 Å². The van der Waals surface area contributed by atoms with Crippen LogP contribution in [0, 0.1) is 10.1 Å². The van der Waals surface area contributed by atoms with Crippen molar-refractivity contribution in [2.75, 3.05) is 0 Å². The molecule has 2 aromatic rings. The number of benzene rings is 1. The van der Waals surface area contributed by atoms with Gasteiger partial charge >= 0.3 is 5.69 Å². The monoisotopic (exact) mass is 342 g/mol. The summed E-state index contributed by atoms with van der Waals surface area (Å²) in [5.41, 5.74) is 0.511. The number of nitro groups is 1. The molecule has 5 nitrogen and oxygen atoms in total. The average molecular weight is 344 g/mol. The van der Waals surface area contributed by atoms with Crippen molar-refractivity contribution in [1.29, 1.82) is 0 Å². The summed E-state index contributed by atoms with van der Waals surface area (Å²) in [6, 6.07) is 7.86. The molecule has 0 fully saturated rings. The predicted molar refractivity (Wildman–Crippen MR) is 74.4 cm³/mol. The normalized spacial score (nSPS) is 10.2. The van der Waals surface area contributed by atoms with E-state index in [2.05, 4.69) is 20.9 Å². The summed E-state index contributed by atoms with van der Waals surface area (Å²) < 4.78 is 6.26. The number of aromatic nitrogens is 1. The van der Waals surface area contributed by atoms with E-state index in [1.54, 1.807) is 18.3 Å². The van der Waals surface area contributed by atoms with Crippen molar-refractivity contribution >= 4 is 33.2 Å². The molecule has 2 rings (SSSR count). The lowest BCUT2D eigenvalue weighted by Crippen LogP contribution is -2.00. The fourth-order valence-electron chi connectivity index (χ4n) is 1.40. The number of hydrogen-bond acceptors (Lipinski definition) is 4. The molecular formula is C12H8BrClN2O3. The summed E-state index contributed by atoms with van der Waals surface area (Å²) in [4.78, 5) is 14.5. The lowest BCUT2D eigenvalue weighted by molar-refractivity contribution is -0.385. The minimum Gasteiger partial charge on any atom is -0.480 e. The van der Waals surface area contributed by atoms with Crippen LogP contribution in [-0.4, -0.2) is 9.91 Å². The first-order chi connectivity index (χ1) is 9.06. The molecule has 1 aromatic carbocycles. The molecule has 0 amide bonds. The lowest BCUT2D eigenvalue weighted by atomic mass is 10.3. The maximum Gasteiger partial charge on any atom is 0.312 e. The summed E-state index contributed by atoms with van der Waals surface area (Å²) in [6.45, 7) is 0.149. The summed E-state index contributed by atoms with van der Waals surface area (Å²) in [7, 11) is 0.